The fourth-order valence-corrected chi connectivity index (χ4v) is 3.33. The van der Waals surface area contributed by atoms with E-state index in [1.807, 2.05) is 0 Å². The van der Waals surface area contributed by atoms with Gasteiger partial charge >= 0.3 is 6.09 Å². The number of furan rings is 1. The van der Waals surface area contributed by atoms with Gasteiger partial charge in [0.1, 0.15) is 12.4 Å². The maximum atomic E-state index is 15.2. The second kappa shape index (κ2) is 7.19. The number of nitrogens with one attached hydrogen (secondary N) is 1. The zero-order valence-corrected chi connectivity index (χ0v) is 15.1. The van der Waals surface area contributed by atoms with Gasteiger partial charge in [-0.25, -0.2) is 18.5 Å². The van der Waals surface area contributed by atoms with Crippen LogP contribution in [-0.4, -0.2) is 40.3 Å². The van der Waals surface area contributed by atoms with E-state index in [9.17, 15) is 14.3 Å². The van der Waals surface area contributed by atoms with Gasteiger partial charge in [-0.15, -0.1) is 0 Å². The van der Waals surface area contributed by atoms with E-state index < -0.39 is 23.7 Å². The molecule has 1 aromatic heterocycles. The van der Waals surface area contributed by atoms with Gasteiger partial charge in [0, 0.05) is 12.1 Å². The molecular weight excluding hydrogens is 358 g/mol. The number of benzene rings is 1. The molecule has 0 bridgehead atoms. The summed E-state index contributed by atoms with van der Waals surface area (Å²) in [5.74, 6) is -4.08. The van der Waals surface area contributed by atoms with Crippen molar-refractivity contribution in [3.63, 3.8) is 0 Å². The van der Waals surface area contributed by atoms with E-state index in [1.165, 1.54) is 0 Å². The Labute approximate surface area is 155 Å². The van der Waals surface area contributed by atoms with Crippen molar-refractivity contribution in [1.29, 1.82) is 0 Å². The lowest BCUT2D eigenvalue weighted by Gasteiger charge is -2.49. The van der Waals surface area contributed by atoms with Crippen molar-refractivity contribution in [1.82, 2.24) is 10.2 Å². The molecule has 1 aliphatic rings. The predicted molar refractivity (Wildman–Crippen MR) is 93.9 cm³/mol. The van der Waals surface area contributed by atoms with Crippen molar-refractivity contribution in [3.05, 3.63) is 54.0 Å². The summed E-state index contributed by atoms with van der Waals surface area (Å²) < 4.78 is 40.3. The maximum Gasteiger partial charge on any atom is 0.412 e. The van der Waals surface area contributed by atoms with Crippen LogP contribution in [0.2, 0.25) is 0 Å². The van der Waals surface area contributed by atoms with Crippen molar-refractivity contribution < 1.29 is 27.8 Å². The smallest absolute Gasteiger partial charge is 0.412 e. The molecular formula is C19H22F2N2O4. The Kier molecular flexibility index (Phi) is 5.10. The molecule has 8 heteroatoms. The Morgan fingerprint density at radius 3 is 2.59 bits per heavy atom. The molecule has 2 heterocycles. The molecule has 1 amide bonds. The Hall–Kier alpha value is -2.61. The van der Waals surface area contributed by atoms with Gasteiger partial charge in [-0.2, -0.15) is 0 Å². The summed E-state index contributed by atoms with van der Waals surface area (Å²) in [6.07, 6.45) is 1.74. The molecule has 1 saturated heterocycles. The molecule has 2 N–H and O–H groups in total. The van der Waals surface area contributed by atoms with Crippen LogP contribution in [0.5, 0.6) is 5.75 Å². The first-order valence-corrected chi connectivity index (χ1v) is 8.57. The molecule has 1 aromatic carbocycles. The van der Waals surface area contributed by atoms with Crippen LogP contribution in [0.4, 0.5) is 13.6 Å². The summed E-state index contributed by atoms with van der Waals surface area (Å²) in [5.41, 5.74) is 1.68. The Morgan fingerprint density at radius 1 is 1.30 bits per heavy atom. The highest BCUT2D eigenvalue weighted by Gasteiger charge is 2.55. The number of nitrogens with zero attached hydrogens (tertiary/aromatic N) is 1. The minimum atomic E-state index is -2.40. The second-order valence-electron chi connectivity index (χ2n) is 6.99. The summed E-state index contributed by atoms with van der Waals surface area (Å²) in [5, 5.41) is 12.1. The first-order valence-electron chi connectivity index (χ1n) is 8.57. The Bertz CT molecular complexity index is 776. The molecule has 0 radical (unpaired) electrons. The van der Waals surface area contributed by atoms with Gasteiger partial charge in [0.05, 0.1) is 18.6 Å². The van der Waals surface area contributed by atoms with E-state index in [4.69, 9.17) is 9.15 Å². The largest absolute Gasteiger partial charge is 0.489 e. The highest BCUT2D eigenvalue weighted by atomic mass is 19.2. The summed E-state index contributed by atoms with van der Waals surface area (Å²) in [6, 6.07) is 7.98. The third-order valence-corrected chi connectivity index (χ3v) is 4.75. The zero-order valence-electron chi connectivity index (χ0n) is 15.1. The monoisotopic (exact) mass is 380 g/mol. The van der Waals surface area contributed by atoms with Gasteiger partial charge in [-0.1, -0.05) is 12.1 Å². The topological polar surface area (TPSA) is 74.9 Å². The minimum absolute atomic E-state index is 0.203. The first-order chi connectivity index (χ1) is 12.7. The molecule has 3 rings (SSSR count). The van der Waals surface area contributed by atoms with E-state index in [1.54, 1.807) is 42.9 Å². The van der Waals surface area contributed by atoms with Crippen molar-refractivity contribution in [2.24, 2.45) is 0 Å². The van der Waals surface area contributed by atoms with Gasteiger partial charge < -0.3 is 19.6 Å². The van der Waals surface area contributed by atoms with E-state index >= 15 is 4.39 Å². The van der Waals surface area contributed by atoms with Crippen LogP contribution in [0.3, 0.4) is 0 Å². The summed E-state index contributed by atoms with van der Waals surface area (Å²) in [7, 11) is 0. The zero-order chi connectivity index (χ0) is 19.7. The molecule has 1 aliphatic heterocycles. The van der Waals surface area contributed by atoms with Crippen LogP contribution >= 0.6 is 0 Å². The number of alkyl halides is 2. The number of halogens is 2. The van der Waals surface area contributed by atoms with E-state index in [2.05, 4.69) is 5.32 Å². The van der Waals surface area contributed by atoms with E-state index in [0.29, 0.717) is 12.4 Å². The predicted octanol–water partition coefficient (Wildman–Crippen LogP) is 3.72. The van der Waals surface area contributed by atoms with Crippen LogP contribution in [-0.2, 0) is 13.0 Å². The fraction of sp³-hybridized carbons (Fsp3) is 0.421. The number of carbonyl (C=O) groups is 1. The molecule has 1 fully saturated rings. The van der Waals surface area contributed by atoms with E-state index in [0.717, 1.165) is 25.0 Å². The molecule has 27 heavy (non-hydrogen) atoms. The Balaban J connectivity index is 1.66. The third-order valence-electron chi connectivity index (χ3n) is 4.75. The molecule has 6 nitrogen and oxygen atoms in total. The SMILES string of the molecule is CC1(F)CNC(Cc2ccc(OCc3ccoc3)cc2)C(C)(F)N1C(=O)O. The summed E-state index contributed by atoms with van der Waals surface area (Å²) in [6.45, 7) is 2.22. The lowest BCUT2D eigenvalue weighted by molar-refractivity contribution is -0.161. The van der Waals surface area contributed by atoms with Crippen LogP contribution in [0.15, 0.2) is 47.3 Å². The number of carboxylic acid groups (broad SMARTS) is 1. The third kappa shape index (κ3) is 4.05. The maximum absolute atomic E-state index is 15.2. The lowest BCUT2D eigenvalue weighted by atomic mass is 9.92. The quantitative estimate of drug-likeness (QED) is 0.774. The van der Waals surface area contributed by atoms with Gasteiger partial charge in [0.2, 0.25) is 5.79 Å². The van der Waals surface area contributed by atoms with Crippen molar-refractivity contribution >= 4 is 6.09 Å². The number of hydrogen-bond donors (Lipinski definition) is 2. The van der Waals surface area contributed by atoms with Crippen molar-refractivity contribution in [3.8, 4) is 5.75 Å². The number of rotatable bonds is 5. The molecule has 0 spiro atoms. The van der Waals surface area contributed by atoms with Crippen LogP contribution in [0.1, 0.15) is 25.0 Å². The molecule has 0 saturated carbocycles. The fourth-order valence-electron chi connectivity index (χ4n) is 3.33. The average molecular weight is 380 g/mol. The standard InChI is InChI=1S/C19H22F2N2O4/c1-18(20)12-22-16(19(2,21)23(18)17(24)25)9-13-3-5-15(6-4-13)27-11-14-7-8-26-10-14/h3-8,10,16,22H,9,11-12H2,1-2H3,(H,24,25). The summed E-state index contributed by atoms with van der Waals surface area (Å²) >= 11 is 0. The molecule has 2 aromatic rings. The normalized spacial score (nSPS) is 28.1. The van der Waals surface area contributed by atoms with Gasteiger partial charge in [0.15, 0.2) is 5.79 Å². The van der Waals surface area contributed by atoms with E-state index in [-0.39, 0.29) is 17.9 Å². The molecule has 0 aliphatic carbocycles. The van der Waals surface area contributed by atoms with Gasteiger partial charge in [-0.05, 0) is 44.0 Å². The summed E-state index contributed by atoms with van der Waals surface area (Å²) in [4.78, 5) is 11.6. The van der Waals surface area contributed by atoms with Crippen molar-refractivity contribution in [2.75, 3.05) is 6.54 Å². The minimum Gasteiger partial charge on any atom is -0.489 e. The number of ether oxygens (including phenoxy) is 1. The second-order valence-corrected chi connectivity index (χ2v) is 6.99. The average Bonchev–Trinajstić information content (AvgIpc) is 3.09. The molecule has 3 atom stereocenters. The van der Waals surface area contributed by atoms with Crippen molar-refractivity contribution in [2.45, 2.75) is 44.5 Å². The lowest BCUT2D eigenvalue weighted by Crippen LogP contribution is -2.72. The van der Waals surface area contributed by atoms with Crippen LogP contribution in [0, 0.1) is 0 Å². The molecule has 3 unspecified atom stereocenters. The number of piperazine rings is 1. The van der Waals surface area contributed by atoms with Gasteiger partial charge in [0.25, 0.3) is 0 Å². The number of hydrogen-bond acceptors (Lipinski definition) is 4. The molecule has 146 valence electrons. The number of amides is 1. The highest BCUT2D eigenvalue weighted by Crippen LogP contribution is 2.36. The first kappa shape index (κ1) is 19.2. The highest BCUT2D eigenvalue weighted by molar-refractivity contribution is 5.67. The van der Waals surface area contributed by atoms with Gasteiger partial charge in [-0.3, -0.25) is 0 Å². The van der Waals surface area contributed by atoms with Crippen LogP contribution < -0.4 is 10.1 Å². The van der Waals surface area contributed by atoms with Crippen LogP contribution in [0.25, 0.3) is 0 Å². The Morgan fingerprint density at radius 2 is 2.00 bits per heavy atom.